The minimum Gasteiger partial charge on any atom is -0.385 e. The fraction of sp³-hybridized carbons (Fsp3) is 0.429. The Morgan fingerprint density at radius 2 is 2.24 bits per heavy atom. The number of carbonyl (C=O) groups excluding carboxylic acids is 1. The standard InChI is InChI=1S/C14H19N5O2/c1-9(2)6-11(20)14-17-13(7-12(15)21)18-19(14)10-4-3-5-16-8-10/h3-5,8-9,11,20H,6-7H2,1-2H3,(H2,15,21). The molecular weight excluding hydrogens is 270 g/mol. The van der Waals surface area contributed by atoms with Crippen LogP contribution in [0.3, 0.4) is 0 Å². The second-order valence-corrected chi connectivity index (χ2v) is 5.30. The summed E-state index contributed by atoms with van der Waals surface area (Å²) in [6.45, 7) is 4.02. The minimum atomic E-state index is -0.765. The predicted molar refractivity (Wildman–Crippen MR) is 76.5 cm³/mol. The van der Waals surface area contributed by atoms with Crippen molar-refractivity contribution in [2.45, 2.75) is 32.8 Å². The van der Waals surface area contributed by atoms with Crippen molar-refractivity contribution >= 4 is 5.91 Å². The van der Waals surface area contributed by atoms with Crippen molar-refractivity contribution in [1.82, 2.24) is 19.7 Å². The highest BCUT2D eigenvalue weighted by Crippen LogP contribution is 2.22. The zero-order chi connectivity index (χ0) is 15.4. The monoisotopic (exact) mass is 289 g/mol. The van der Waals surface area contributed by atoms with E-state index in [2.05, 4.69) is 15.1 Å². The van der Waals surface area contributed by atoms with E-state index in [1.807, 2.05) is 13.8 Å². The van der Waals surface area contributed by atoms with Crippen LogP contribution in [-0.2, 0) is 11.2 Å². The number of amides is 1. The summed E-state index contributed by atoms with van der Waals surface area (Å²) >= 11 is 0. The smallest absolute Gasteiger partial charge is 0.225 e. The van der Waals surface area contributed by atoms with Gasteiger partial charge in [0.15, 0.2) is 11.6 Å². The molecule has 112 valence electrons. The number of hydrogen-bond acceptors (Lipinski definition) is 5. The molecule has 0 saturated heterocycles. The number of hydrogen-bond donors (Lipinski definition) is 2. The Bertz CT molecular complexity index is 609. The molecule has 0 aliphatic carbocycles. The van der Waals surface area contributed by atoms with E-state index in [4.69, 9.17) is 5.73 Å². The number of aromatic nitrogens is 4. The lowest BCUT2D eigenvalue weighted by Gasteiger charge is -2.13. The molecule has 3 N–H and O–H groups in total. The van der Waals surface area contributed by atoms with E-state index >= 15 is 0 Å². The lowest BCUT2D eigenvalue weighted by molar-refractivity contribution is -0.117. The first-order valence-corrected chi connectivity index (χ1v) is 6.80. The van der Waals surface area contributed by atoms with Crippen LogP contribution in [0.2, 0.25) is 0 Å². The number of carbonyl (C=O) groups is 1. The van der Waals surface area contributed by atoms with Crippen LogP contribution in [0.1, 0.15) is 38.0 Å². The van der Waals surface area contributed by atoms with Crippen LogP contribution in [0.25, 0.3) is 5.69 Å². The normalized spacial score (nSPS) is 12.6. The van der Waals surface area contributed by atoms with Gasteiger partial charge >= 0.3 is 0 Å². The van der Waals surface area contributed by atoms with Crippen molar-refractivity contribution in [1.29, 1.82) is 0 Å². The third-order valence-electron chi connectivity index (χ3n) is 2.89. The van der Waals surface area contributed by atoms with Crippen molar-refractivity contribution in [2.75, 3.05) is 0 Å². The average Bonchev–Trinajstić information content (AvgIpc) is 2.82. The molecule has 2 aromatic heterocycles. The van der Waals surface area contributed by atoms with E-state index in [0.717, 1.165) is 0 Å². The van der Waals surface area contributed by atoms with Crippen LogP contribution < -0.4 is 5.73 Å². The number of pyridine rings is 1. The molecule has 1 unspecified atom stereocenters. The van der Waals surface area contributed by atoms with Crippen LogP contribution in [0.5, 0.6) is 0 Å². The highest BCUT2D eigenvalue weighted by atomic mass is 16.3. The largest absolute Gasteiger partial charge is 0.385 e. The van der Waals surface area contributed by atoms with Crippen molar-refractivity contribution in [3.63, 3.8) is 0 Å². The Labute approximate surface area is 122 Å². The number of aliphatic hydroxyl groups excluding tert-OH is 1. The zero-order valence-corrected chi connectivity index (χ0v) is 12.1. The van der Waals surface area contributed by atoms with Crippen molar-refractivity contribution in [2.24, 2.45) is 11.7 Å². The van der Waals surface area contributed by atoms with E-state index in [9.17, 15) is 9.90 Å². The summed E-state index contributed by atoms with van der Waals surface area (Å²) < 4.78 is 1.51. The lowest BCUT2D eigenvalue weighted by Crippen LogP contribution is -2.14. The zero-order valence-electron chi connectivity index (χ0n) is 12.1. The highest BCUT2D eigenvalue weighted by molar-refractivity contribution is 5.75. The summed E-state index contributed by atoms with van der Waals surface area (Å²) in [5.74, 6) is 0.485. The number of nitrogens with zero attached hydrogens (tertiary/aromatic N) is 4. The maximum atomic E-state index is 11.0. The van der Waals surface area contributed by atoms with Crippen LogP contribution in [0.4, 0.5) is 0 Å². The summed E-state index contributed by atoms with van der Waals surface area (Å²) in [4.78, 5) is 19.3. The molecule has 0 radical (unpaired) electrons. The molecular formula is C14H19N5O2. The topological polar surface area (TPSA) is 107 Å². The third-order valence-corrected chi connectivity index (χ3v) is 2.89. The van der Waals surface area contributed by atoms with E-state index in [0.29, 0.717) is 29.7 Å². The molecule has 2 heterocycles. The molecule has 0 spiro atoms. The fourth-order valence-corrected chi connectivity index (χ4v) is 2.04. The Morgan fingerprint density at radius 1 is 1.48 bits per heavy atom. The summed E-state index contributed by atoms with van der Waals surface area (Å²) in [6, 6.07) is 3.57. The van der Waals surface area contributed by atoms with Gasteiger partial charge in [0.2, 0.25) is 5.91 Å². The van der Waals surface area contributed by atoms with E-state index in [1.165, 1.54) is 4.68 Å². The van der Waals surface area contributed by atoms with Crippen molar-refractivity contribution in [3.05, 3.63) is 36.2 Å². The van der Waals surface area contributed by atoms with E-state index in [1.54, 1.807) is 24.5 Å². The van der Waals surface area contributed by atoms with Gasteiger partial charge in [0.1, 0.15) is 6.10 Å². The average molecular weight is 289 g/mol. The van der Waals surface area contributed by atoms with Crippen molar-refractivity contribution in [3.8, 4) is 5.69 Å². The van der Waals surface area contributed by atoms with Gasteiger partial charge in [0.25, 0.3) is 0 Å². The first kappa shape index (κ1) is 15.1. The van der Waals surface area contributed by atoms with Gasteiger partial charge in [-0.1, -0.05) is 13.8 Å². The van der Waals surface area contributed by atoms with Gasteiger partial charge in [0.05, 0.1) is 18.3 Å². The first-order chi connectivity index (χ1) is 9.97. The van der Waals surface area contributed by atoms with Gasteiger partial charge in [0, 0.05) is 6.20 Å². The number of nitrogens with two attached hydrogens (primary N) is 1. The molecule has 1 atom stereocenters. The summed E-state index contributed by atoms with van der Waals surface area (Å²) in [6.07, 6.45) is 2.99. The molecule has 0 fully saturated rings. The van der Waals surface area contributed by atoms with Gasteiger partial charge in [-0.05, 0) is 24.5 Å². The fourth-order valence-electron chi connectivity index (χ4n) is 2.04. The second kappa shape index (κ2) is 6.45. The summed E-state index contributed by atoms with van der Waals surface area (Å²) in [5.41, 5.74) is 5.86. The van der Waals surface area contributed by atoms with Crippen molar-refractivity contribution < 1.29 is 9.90 Å². The van der Waals surface area contributed by atoms with Crippen LogP contribution >= 0.6 is 0 Å². The van der Waals surface area contributed by atoms with Gasteiger partial charge in [-0.15, -0.1) is 0 Å². The molecule has 0 aromatic carbocycles. The molecule has 0 aliphatic heterocycles. The first-order valence-electron chi connectivity index (χ1n) is 6.80. The molecule has 21 heavy (non-hydrogen) atoms. The predicted octanol–water partition coefficient (Wildman–Crippen LogP) is 0.770. The SMILES string of the molecule is CC(C)CC(O)c1nc(CC(N)=O)nn1-c1cccnc1. The van der Waals surface area contributed by atoms with Gasteiger partial charge in [-0.25, -0.2) is 9.67 Å². The Hall–Kier alpha value is -2.28. The van der Waals surface area contributed by atoms with E-state index < -0.39 is 12.0 Å². The molecule has 7 nitrogen and oxygen atoms in total. The number of rotatable bonds is 6. The molecule has 0 aliphatic rings. The number of primary amides is 1. The van der Waals surface area contributed by atoms with Gasteiger partial charge < -0.3 is 10.8 Å². The minimum absolute atomic E-state index is 0.0609. The van der Waals surface area contributed by atoms with Crippen LogP contribution in [-0.4, -0.2) is 30.8 Å². The molecule has 1 amide bonds. The Kier molecular flexibility index (Phi) is 4.64. The Morgan fingerprint density at radius 3 is 2.81 bits per heavy atom. The second-order valence-electron chi connectivity index (χ2n) is 5.30. The quantitative estimate of drug-likeness (QED) is 0.816. The lowest BCUT2D eigenvalue weighted by atomic mass is 10.1. The van der Waals surface area contributed by atoms with Crippen LogP contribution in [0, 0.1) is 5.92 Å². The maximum absolute atomic E-state index is 11.0. The molecule has 2 rings (SSSR count). The summed E-state index contributed by atoms with van der Waals surface area (Å²) in [7, 11) is 0. The molecule has 7 heteroatoms. The molecule has 2 aromatic rings. The molecule has 0 saturated carbocycles. The number of aliphatic hydroxyl groups is 1. The summed E-state index contributed by atoms with van der Waals surface area (Å²) in [5, 5.41) is 14.6. The molecule has 0 bridgehead atoms. The van der Waals surface area contributed by atoms with Gasteiger partial charge in [-0.3, -0.25) is 9.78 Å². The highest BCUT2D eigenvalue weighted by Gasteiger charge is 2.20. The van der Waals surface area contributed by atoms with Gasteiger partial charge in [-0.2, -0.15) is 5.10 Å². The van der Waals surface area contributed by atoms with E-state index in [-0.39, 0.29) is 6.42 Å². The Balaban J connectivity index is 2.41. The van der Waals surface area contributed by atoms with Crippen LogP contribution in [0.15, 0.2) is 24.5 Å². The maximum Gasteiger partial charge on any atom is 0.225 e. The third kappa shape index (κ3) is 3.85.